The predicted molar refractivity (Wildman–Crippen MR) is 92.3 cm³/mol. The number of methoxy groups -OCH3 is 4. The minimum atomic E-state index is -4.94. The molecule has 1 heterocycles. The normalized spacial score (nSPS) is 10.8. The molecule has 10 heteroatoms. The molecule has 0 saturated heterocycles. The van der Waals surface area contributed by atoms with E-state index in [2.05, 4.69) is 0 Å². The average molecular weight is 427 g/mol. The van der Waals surface area contributed by atoms with E-state index >= 15 is 0 Å². The summed E-state index contributed by atoms with van der Waals surface area (Å²) in [5, 5.41) is 0.762. The van der Waals surface area contributed by atoms with Crippen LogP contribution >= 0.6 is 0 Å². The highest BCUT2D eigenvalue weighted by molar-refractivity contribution is 5.92. The van der Waals surface area contributed by atoms with Gasteiger partial charge in [-0.1, -0.05) is 0 Å². The number of rotatable bonds is 5. The number of fused-ring (bicyclic) bond motifs is 1. The fraction of sp³-hybridized carbons (Fsp3) is 0.211. The van der Waals surface area contributed by atoms with E-state index in [0.29, 0.717) is 28.6 Å². The van der Waals surface area contributed by atoms with Crippen LogP contribution in [0.4, 0.5) is 0 Å². The first-order chi connectivity index (χ1) is 13.7. The molecule has 0 bridgehead atoms. The molecular formula is C19H19ClO9. The summed E-state index contributed by atoms with van der Waals surface area (Å²) in [4.78, 5) is 0. The molecule has 0 amide bonds. The fourth-order valence-electron chi connectivity index (χ4n) is 2.57. The molecule has 29 heavy (non-hydrogen) atoms. The van der Waals surface area contributed by atoms with Crippen molar-refractivity contribution in [2.24, 2.45) is 0 Å². The predicted octanol–water partition coefficient (Wildman–Crippen LogP) is -0.341. The van der Waals surface area contributed by atoms with E-state index in [1.54, 1.807) is 34.5 Å². The maximum absolute atomic E-state index is 8.49. The lowest BCUT2D eigenvalue weighted by atomic mass is 10.1. The lowest BCUT2D eigenvalue weighted by molar-refractivity contribution is -2.00. The number of ether oxygens (including phenoxy) is 4. The Hall–Kier alpha value is -2.82. The van der Waals surface area contributed by atoms with Crippen LogP contribution in [0.1, 0.15) is 0 Å². The Morgan fingerprint density at radius 1 is 0.690 bits per heavy atom. The van der Waals surface area contributed by atoms with Crippen LogP contribution in [-0.4, -0.2) is 28.4 Å². The van der Waals surface area contributed by atoms with Crippen LogP contribution in [-0.2, 0) is 0 Å². The van der Waals surface area contributed by atoms with Gasteiger partial charge >= 0.3 is 11.3 Å². The summed E-state index contributed by atoms with van der Waals surface area (Å²) in [5.41, 5.74) is 1.54. The van der Waals surface area contributed by atoms with E-state index < -0.39 is 10.2 Å². The van der Waals surface area contributed by atoms with Gasteiger partial charge in [-0.25, -0.2) is 23.1 Å². The second kappa shape index (κ2) is 9.59. The molecule has 0 atom stereocenters. The summed E-state index contributed by atoms with van der Waals surface area (Å²) >= 11 is 0. The zero-order valence-electron chi connectivity index (χ0n) is 16.1. The van der Waals surface area contributed by atoms with Gasteiger partial charge in [0.2, 0.25) is 0 Å². The van der Waals surface area contributed by atoms with Crippen molar-refractivity contribution >= 4 is 11.0 Å². The Bertz CT molecular complexity index is 947. The van der Waals surface area contributed by atoms with E-state index in [9.17, 15) is 0 Å². The number of hydrogen-bond donors (Lipinski definition) is 0. The Labute approximate surface area is 169 Å². The van der Waals surface area contributed by atoms with E-state index in [4.69, 9.17) is 42.0 Å². The standard InChI is InChI=1S/C19H19O5.ClHO4/c1-20-13-7-5-12(6-8-13)15-11-17(23-4)19-16(22-3)9-14(21-2)10-18(19)24-15;2-1(3,4)5/h5-11H,1-4H3;(H,2,3,4,5)/q+1;/p-1. The van der Waals surface area contributed by atoms with Crippen LogP contribution < -0.4 is 37.6 Å². The van der Waals surface area contributed by atoms with E-state index in [1.807, 2.05) is 36.4 Å². The number of hydrogen-bond acceptors (Lipinski definition) is 8. The summed E-state index contributed by atoms with van der Waals surface area (Å²) < 4.78 is 61.5. The summed E-state index contributed by atoms with van der Waals surface area (Å²) in [6.45, 7) is 0. The second-order valence-electron chi connectivity index (χ2n) is 5.49. The lowest BCUT2D eigenvalue weighted by Crippen LogP contribution is -2.68. The Kier molecular flexibility index (Phi) is 7.43. The van der Waals surface area contributed by atoms with Crippen molar-refractivity contribution in [1.82, 2.24) is 0 Å². The van der Waals surface area contributed by atoms with Gasteiger partial charge in [0.1, 0.15) is 23.0 Å². The van der Waals surface area contributed by atoms with Crippen molar-refractivity contribution in [3.63, 3.8) is 0 Å². The zero-order chi connectivity index (χ0) is 21.6. The first kappa shape index (κ1) is 22.5. The largest absolute Gasteiger partial charge is 0.497 e. The van der Waals surface area contributed by atoms with E-state index in [0.717, 1.165) is 16.7 Å². The third-order valence-electron chi connectivity index (χ3n) is 3.82. The molecule has 156 valence electrons. The van der Waals surface area contributed by atoms with Crippen molar-refractivity contribution in [3.05, 3.63) is 42.5 Å². The van der Waals surface area contributed by atoms with Crippen LogP contribution in [0.2, 0.25) is 0 Å². The molecule has 0 aliphatic rings. The molecule has 0 spiro atoms. The molecular weight excluding hydrogens is 408 g/mol. The highest BCUT2D eigenvalue weighted by Crippen LogP contribution is 2.40. The Morgan fingerprint density at radius 2 is 1.21 bits per heavy atom. The highest BCUT2D eigenvalue weighted by Gasteiger charge is 2.24. The topological polar surface area (TPSA) is 140 Å². The third kappa shape index (κ3) is 6.08. The van der Waals surface area contributed by atoms with Crippen molar-refractivity contribution in [3.8, 4) is 34.3 Å². The summed E-state index contributed by atoms with van der Waals surface area (Å²) in [6.07, 6.45) is 0. The van der Waals surface area contributed by atoms with Crippen LogP contribution in [0.3, 0.4) is 0 Å². The molecule has 0 radical (unpaired) electrons. The van der Waals surface area contributed by atoms with Crippen LogP contribution in [0.5, 0.6) is 23.0 Å². The van der Waals surface area contributed by atoms with Gasteiger partial charge in [0.05, 0.1) is 46.1 Å². The van der Waals surface area contributed by atoms with Gasteiger partial charge < -0.3 is 18.9 Å². The maximum Gasteiger partial charge on any atom is 0.372 e. The van der Waals surface area contributed by atoms with Crippen LogP contribution in [0, 0.1) is 10.2 Å². The summed E-state index contributed by atoms with van der Waals surface area (Å²) in [7, 11) is 1.52. The first-order valence-electron chi connectivity index (χ1n) is 8.03. The van der Waals surface area contributed by atoms with E-state index in [1.165, 1.54) is 0 Å². The van der Waals surface area contributed by atoms with Crippen molar-refractivity contribution in [2.75, 3.05) is 28.4 Å². The van der Waals surface area contributed by atoms with Crippen molar-refractivity contribution in [2.45, 2.75) is 0 Å². The maximum atomic E-state index is 8.49. The molecule has 0 aliphatic carbocycles. The van der Waals surface area contributed by atoms with Gasteiger partial charge in [0, 0.05) is 6.07 Å². The van der Waals surface area contributed by atoms with Gasteiger partial charge in [0.15, 0.2) is 5.39 Å². The Morgan fingerprint density at radius 3 is 1.69 bits per heavy atom. The number of halogens is 1. The average Bonchev–Trinajstić information content (AvgIpc) is 2.70. The fourth-order valence-corrected chi connectivity index (χ4v) is 2.57. The van der Waals surface area contributed by atoms with E-state index in [-0.39, 0.29) is 0 Å². The van der Waals surface area contributed by atoms with Gasteiger partial charge in [-0.2, -0.15) is 0 Å². The molecule has 9 nitrogen and oxygen atoms in total. The Balaban J connectivity index is 0.000000537. The quantitative estimate of drug-likeness (QED) is 0.501. The van der Waals surface area contributed by atoms with Crippen molar-refractivity contribution < 1.29 is 52.2 Å². The first-order valence-corrected chi connectivity index (χ1v) is 9.26. The molecule has 3 aromatic rings. The molecule has 0 unspecified atom stereocenters. The molecule has 0 N–H and O–H groups in total. The van der Waals surface area contributed by atoms with Gasteiger partial charge in [-0.15, -0.1) is 10.2 Å². The molecule has 0 aliphatic heterocycles. The molecule has 2 aromatic carbocycles. The van der Waals surface area contributed by atoms with Gasteiger partial charge in [-0.3, -0.25) is 0 Å². The molecule has 0 saturated carbocycles. The summed E-state index contributed by atoms with van der Waals surface area (Å²) in [6, 6.07) is 13.1. The monoisotopic (exact) mass is 426 g/mol. The SMILES string of the molecule is COc1ccc(-c2cc(OC)c3c(OC)cc(OC)cc3[o+]2)cc1.[O-][Cl+3]([O-])([O-])[O-]. The van der Waals surface area contributed by atoms with Crippen LogP contribution in [0.25, 0.3) is 22.3 Å². The molecule has 3 rings (SSSR count). The molecule has 1 aromatic heterocycles. The minimum Gasteiger partial charge on any atom is -0.497 e. The summed E-state index contributed by atoms with van der Waals surface area (Å²) in [5.74, 6) is 3.41. The number of benzene rings is 2. The lowest BCUT2D eigenvalue weighted by Gasteiger charge is -2.17. The highest BCUT2D eigenvalue weighted by atomic mass is 35.7. The van der Waals surface area contributed by atoms with Crippen molar-refractivity contribution in [1.29, 1.82) is 0 Å². The third-order valence-corrected chi connectivity index (χ3v) is 3.82. The van der Waals surface area contributed by atoms with Crippen LogP contribution in [0.15, 0.2) is 46.9 Å². The minimum absolute atomic E-state index is 0.622. The van der Waals surface area contributed by atoms with Gasteiger partial charge in [0.25, 0.3) is 0 Å². The zero-order valence-corrected chi connectivity index (χ0v) is 16.8. The molecule has 0 fully saturated rings. The van der Waals surface area contributed by atoms with Gasteiger partial charge in [-0.05, 0) is 24.3 Å². The smallest absolute Gasteiger partial charge is 0.372 e. The second-order valence-corrected chi connectivity index (χ2v) is 6.24.